The summed E-state index contributed by atoms with van der Waals surface area (Å²) in [5.41, 5.74) is 2.36. The van der Waals surface area contributed by atoms with E-state index in [-0.39, 0.29) is 5.82 Å². The highest BCUT2D eigenvalue weighted by Gasteiger charge is 2.26. The number of halogens is 1. The fourth-order valence-electron chi connectivity index (χ4n) is 4.29. The van der Waals surface area contributed by atoms with Crippen LogP contribution >= 0.6 is 0 Å². The average molecular weight is 358 g/mol. The van der Waals surface area contributed by atoms with Gasteiger partial charge in [0.05, 0.1) is 19.0 Å². The zero-order chi connectivity index (χ0) is 17.9. The molecule has 0 bridgehead atoms. The number of hydrogen-bond acceptors (Lipinski definition) is 4. The molecule has 1 saturated carbocycles. The minimum atomic E-state index is -0.291. The third kappa shape index (κ3) is 3.62. The highest BCUT2D eigenvalue weighted by Crippen LogP contribution is 2.29. The predicted octanol–water partition coefficient (Wildman–Crippen LogP) is 3.28. The molecular formula is C20H27FN4O. The van der Waals surface area contributed by atoms with Crippen molar-refractivity contribution in [3.63, 3.8) is 0 Å². The number of aromatic amines is 1. The van der Waals surface area contributed by atoms with Gasteiger partial charge in [-0.25, -0.2) is 4.39 Å². The summed E-state index contributed by atoms with van der Waals surface area (Å²) in [6, 6.07) is 5.75. The van der Waals surface area contributed by atoms with Crippen molar-refractivity contribution in [2.75, 3.05) is 33.3 Å². The summed E-state index contributed by atoms with van der Waals surface area (Å²) in [5, 5.41) is 7.14. The van der Waals surface area contributed by atoms with Gasteiger partial charge in [0.2, 0.25) is 0 Å². The third-order valence-corrected chi connectivity index (χ3v) is 5.81. The Hall–Kier alpha value is -1.92. The molecule has 2 aromatic rings. The molecule has 0 amide bonds. The number of methoxy groups -OCH3 is 1. The minimum absolute atomic E-state index is 0.291. The lowest BCUT2D eigenvalue weighted by Crippen LogP contribution is -2.49. The molecule has 4 rings (SSSR count). The van der Waals surface area contributed by atoms with Crippen LogP contribution in [-0.4, -0.2) is 59.3 Å². The molecule has 2 fully saturated rings. The van der Waals surface area contributed by atoms with Gasteiger partial charge in [-0.1, -0.05) is 12.8 Å². The van der Waals surface area contributed by atoms with E-state index in [1.807, 2.05) is 6.20 Å². The number of aromatic nitrogens is 2. The fourth-order valence-corrected chi connectivity index (χ4v) is 4.29. The van der Waals surface area contributed by atoms with Crippen LogP contribution < -0.4 is 4.74 Å². The molecule has 1 aromatic heterocycles. The first-order valence-electron chi connectivity index (χ1n) is 9.57. The maximum absolute atomic E-state index is 14.4. The fraction of sp³-hybridized carbons (Fsp3) is 0.550. The van der Waals surface area contributed by atoms with E-state index in [9.17, 15) is 4.39 Å². The van der Waals surface area contributed by atoms with Gasteiger partial charge in [0.15, 0.2) is 0 Å². The first-order chi connectivity index (χ1) is 12.7. The number of piperazine rings is 1. The van der Waals surface area contributed by atoms with Crippen molar-refractivity contribution in [1.82, 2.24) is 20.0 Å². The summed E-state index contributed by atoms with van der Waals surface area (Å²) in [7, 11) is 1.54. The summed E-state index contributed by atoms with van der Waals surface area (Å²) in [6.07, 6.45) is 7.32. The first kappa shape index (κ1) is 17.5. The number of hydrogen-bond donors (Lipinski definition) is 1. The van der Waals surface area contributed by atoms with Crippen molar-refractivity contribution in [3.8, 4) is 17.0 Å². The maximum Gasteiger partial charge on any atom is 0.136 e. The number of H-pyrrole nitrogens is 1. The van der Waals surface area contributed by atoms with Gasteiger partial charge in [-0.05, 0) is 25.0 Å². The molecule has 26 heavy (non-hydrogen) atoms. The van der Waals surface area contributed by atoms with Gasteiger partial charge in [-0.2, -0.15) is 5.10 Å². The van der Waals surface area contributed by atoms with Crippen molar-refractivity contribution in [2.45, 2.75) is 38.3 Å². The highest BCUT2D eigenvalue weighted by atomic mass is 19.1. The van der Waals surface area contributed by atoms with Gasteiger partial charge in [0.1, 0.15) is 11.6 Å². The van der Waals surface area contributed by atoms with Crippen LogP contribution in [0.1, 0.15) is 31.2 Å². The normalized spacial score (nSPS) is 19.9. The SMILES string of the molecule is COc1ccc(-c2[nH]ncc2CN2CCN(C3CCCC3)CC2)c(F)c1. The van der Waals surface area contributed by atoms with Gasteiger partial charge in [0, 0.05) is 56.0 Å². The van der Waals surface area contributed by atoms with Crippen molar-refractivity contribution >= 4 is 0 Å². The standard InChI is InChI=1S/C20H27FN4O/c1-26-17-6-7-18(19(21)12-17)20-15(13-22-23-20)14-24-8-10-25(11-9-24)16-4-2-3-5-16/h6-7,12-13,16H,2-5,8-11,14H2,1H3,(H,22,23). The lowest BCUT2D eigenvalue weighted by atomic mass is 10.1. The van der Waals surface area contributed by atoms with Crippen LogP contribution in [0.2, 0.25) is 0 Å². The summed E-state index contributed by atoms with van der Waals surface area (Å²) >= 11 is 0. The number of benzene rings is 1. The molecule has 6 heteroatoms. The summed E-state index contributed by atoms with van der Waals surface area (Å²) in [6.45, 7) is 5.19. The molecule has 0 unspecified atom stereocenters. The van der Waals surface area contributed by atoms with Crippen molar-refractivity contribution in [3.05, 3.63) is 35.8 Å². The molecule has 1 saturated heterocycles. The van der Waals surface area contributed by atoms with E-state index >= 15 is 0 Å². The molecule has 1 aliphatic heterocycles. The highest BCUT2D eigenvalue weighted by molar-refractivity contribution is 5.64. The summed E-state index contributed by atoms with van der Waals surface area (Å²) in [4.78, 5) is 5.10. The summed E-state index contributed by atoms with van der Waals surface area (Å²) < 4.78 is 19.5. The van der Waals surface area contributed by atoms with Crippen LogP contribution in [0.3, 0.4) is 0 Å². The molecule has 2 heterocycles. The van der Waals surface area contributed by atoms with E-state index in [0.29, 0.717) is 11.3 Å². The van der Waals surface area contributed by atoms with E-state index in [1.54, 1.807) is 19.2 Å². The molecule has 1 aliphatic carbocycles. The monoisotopic (exact) mass is 358 g/mol. The lowest BCUT2D eigenvalue weighted by molar-refractivity contribution is 0.0938. The van der Waals surface area contributed by atoms with Crippen LogP contribution in [0.25, 0.3) is 11.3 Å². The Bertz CT molecular complexity index is 733. The molecule has 0 atom stereocenters. The predicted molar refractivity (Wildman–Crippen MR) is 99.6 cm³/mol. The van der Waals surface area contributed by atoms with Crippen LogP contribution in [0.5, 0.6) is 5.75 Å². The van der Waals surface area contributed by atoms with Crippen LogP contribution in [0.4, 0.5) is 4.39 Å². The molecule has 5 nitrogen and oxygen atoms in total. The quantitative estimate of drug-likeness (QED) is 0.891. The van der Waals surface area contributed by atoms with Crippen LogP contribution in [-0.2, 0) is 6.54 Å². The van der Waals surface area contributed by atoms with Gasteiger partial charge < -0.3 is 4.74 Å². The topological polar surface area (TPSA) is 44.4 Å². The Morgan fingerprint density at radius 1 is 1.19 bits per heavy atom. The van der Waals surface area contributed by atoms with Crippen molar-refractivity contribution in [1.29, 1.82) is 0 Å². The molecule has 0 spiro atoms. The zero-order valence-corrected chi connectivity index (χ0v) is 15.4. The van der Waals surface area contributed by atoms with E-state index in [1.165, 1.54) is 31.7 Å². The second-order valence-corrected chi connectivity index (χ2v) is 7.37. The van der Waals surface area contributed by atoms with E-state index in [2.05, 4.69) is 20.0 Å². The van der Waals surface area contributed by atoms with E-state index < -0.39 is 0 Å². The Labute approximate surface area is 154 Å². The molecule has 0 radical (unpaired) electrons. The zero-order valence-electron chi connectivity index (χ0n) is 15.4. The number of nitrogens with zero attached hydrogens (tertiary/aromatic N) is 3. The van der Waals surface area contributed by atoms with Gasteiger partial charge in [0.25, 0.3) is 0 Å². The largest absolute Gasteiger partial charge is 0.497 e. The molecule has 1 N–H and O–H groups in total. The Balaban J connectivity index is 1.42. The second-order valence-electron chi connectivity index (χ2n) is 7.37. The van der Waals surface area contributed by atoms with Crippen LogP contribution in [0.15, 0.2) is 24.4 Å². The first-order valence-corrected chi connectivity index (χ1v) is 9.57. The van der Waals surface area contributed by atoms with Crippen LogP contribution in [0, 0.1) is 5.82 Å². The van der Waals surface area contributed by atoms with Crippen molar-refractivity contribution < 1.29 is 9.13 Å². The minimum Gasteiger partial charge on any atom is -0.497 e. The Kier molecular flexibility index (Phi) is 5.22. The molecule has 2 aliphatic rings. The average Bonchev–Trinajstić information content (AvgIpc) is 3.34. The third-order valence-electron chi connectivity index (χ3n) is 5.81. The van der Waals surface area contributed by atoms with E-state index in [4.69, 9.17) is 4.74 Å². The number of nitrogens with one attached hydrogen (secondary N) is 1. The maximum atomic E-state index is 14.4. The van der Waals surface area contributed by atoms with Crippen molar-refractivity contribution in [2.24, 2.45) is 0 Å². The van der Waals surface area contributed by atoms with Gasteiger partial charge >= 0.3 is 0 Å². The molecular weight excluding hydrogens is 331 g/mol. The van der Waals surface area contributed by atoms with E-state index in [0.717, 1.165) is 50.0 Å². The number of rotatable bonds is 5. The lowest BCUT2D eigenvalue weighted by Gasteiger charge is -2.38. The molecule has 140 valence electrons. The second kappa shape index (κ2) is 7.76. The van der Waals surface area contributed by atoms with Gasteiger partial charge in [-0.15, -0.1) is 0 Å². The Morgan fingerprint density at radius 3 is 2.65 bits per heavy atom. The molecule has 1 aromatic carbocycles. The van der Waals surface area contributed by atoms with Gasteiger partial charge in [-0.3, -0.25) is 14.9 Å². The number of ether oxygens (including phenoxy) is 1. The Morgan fingerprint density at radius 2 is 1.96 bits per heavy atom. The smallest absolute Gasteiger partial charge is 0.136 e. The summed E-state index contributed by atoms with van der Waals surface area (Å²) in [5.74, 6) is 0.233.